The van der Waals surface area contributed by atoms with Gasteiger partial charge in [0.25, 0.3) is 0 Å². The Kier molecular flexibility index (Phi) is 6.52. The highest BCUT2D eigenvalue weighted by atomic mass is 35.5. The van der Waals surface area contributed by atoms with Crippen molar-refractivity contribution in [1.29, 1.82) is 0 Å². The van der Waals surface area contributed by atoms with Crippen molar-refractivity contribution in [2.75, 3.05) is 18.5 Å². The molecule has 2 N–H and O–H groups in total. The summed E-state index contributed by atoms with van der Waals surface area (Å²) < 4.78 is 0. The molecule has 1 heterocycles. The van der Waals surface area contributed by atoms with Crippen LogP contribution < -0.4 is 5.32 Å². The maximum absolute atomic E-state index is 8.89. The van der Waals surface area contributed by atoms with E-state index in [0.29, 0.717) is 5.15 Å². The Bertz CT molecular complexity index is 396. The fraction of sp³-hybridized carbons (Fsp3) is 0.714. The maximum Gasteiger partial charge on any atom is 0.134 e. The van der Waals surface area contributed by atoms with E-state index in [2.05, 4.69) is 36.1 Å². The summed E-state index contributed by atoms with van der Waals surface area (Å²) in [5, 5.41) is 12.7. The van der Waals surface area contributed by atoms with Crippen molar-refractivity contribution in [2.45, 2.75) is 46.5 Å². The number of nitrogens with zero attached hydrogens (tertiary/aromatic N) is 2. The van der Waals surface area contributed by atoms with Gasteiger partial charge in [0.1, 0.15) is 16.8 Å². The van der Waals surface area contributed by atoms with Gasteiger partial charge >= 0.3 is 0 Å². The highest BCUT2D eigenvalue weighted by molar-refractivity contribution is 6.29. The molecule has 0 aliphatic carbocycles. The molecule has 0 spiro atoms. The maximum atomic E-state index is 8.89. The Balaban J connectivity index is 2.61. The number of halogens is 1. The molecule has 0 aromatic carbocycles. The topological polar surface area (TPSA) is 58.0 Å². The third kappa shape index (κ3) is 6.21. The van der Waals surface area contributed by atoms with Crippen LogP contribution in [0.15, 0.2) is 6.07 Å². The molecular formula is C14H24ClN3O. The Morgan fingerprint density at radius 1 is 1.37 bits per heavy atom. The lowest BCUT2D eigenvalue weighted by Crippen LogP contribution is -2.24. The number of rotatable bonds is 8. The molecule has 0 fully saturated rings. The first-order valence-corrected chi connectivity index (χ1v) is 7.23. The third-order valence-corrected chi connectivity index (χ3v) is 3.17. The van der Waals surface area contributed by atoms with Gasteiger partial charge in [0.15, 0.2) is 0 Å². The van der Waals surface area contributed by atoms with E-state index in [4.69, 9.17) is 16.7 Å². The number of aromatic nitrogens is 2. The van der Waals surface area contributed by atoms with E-state index in [1.54, 1.807) is 6.07 Å². The van der Waals surface area contributed by atoms with Gasteiger partial charge < -0.3 is 10.4 Å². The molecular weight excluding hydrogens is 262 g/mol. The third-order valence-electron chi connectivity index (χ3n) is 2.97. The van der Waals surface area contributed by atoms with Crippen molar-refractivity contribution in [3.63, 3.8) is 0 Å². The second kappa shape index (κ2) is 7.65. The second-order valence-corrected chi connectivity index (χ2v) is 5.97. The van der Waals surface area contributed by atoms with E-state index >= 15 is 0 Å². The molecule has 0 aliphatic rings. The van der Waals surface area contributed by atoms with Gasteiger partial charge in [0.2, 0.25) is 0 Å². The van der Waals surface area contributed by atoms with Crippen LogP contribution in [0.1, 0.15) is 45.9 Å². The summed E-state index contributed by atoms with van der Waals surface area (Å²) in [6, 6.07) is 1.75. The van der Waals surface area contributed by atoms with Crippen LogP contribution >= 0.6 is 11.6 Å². The van der Waals surface area contributed by atoms with Gasteiger partial charge in [0, 0.05) is 25.6 Å². The fourth-order valence-corrected chi connectivity index (χ4v) is 2.07. The monoisotopic (exact) mass is 285 g/mol. The zero-order valence-corrected chi connectivity index (χ0v) is 12.8. The number of aliphatic hydroxyl groups is 1. The highest BCUT2D eigenvalue weighted by Gasteiger charge is 2.17. The molecule has 0 atom stereocenters. The van der Waals surface area contributed by atoms with Gasteiger partial charge in [-0.3, -0.25) is 0 Å². The van der Waals surface area contributed by atoms with Gasteiger partial charge in [-0.2, -0.15) is 0 Å². The first kappa shape index (κ1) is 16.2. The van der Waals surface area contributed by atoms with E-state index < -0.39 is 0 Å². The lowest BCUT2D eigenvalue weighted by molar-refractivity contribution is 0.248. The van der Waals surface area contributed by atoms with Gasteiger partial charge in [-0.1, -0.05) is 32.4 Å². The standard InChI is InChI=1S/C14H24ClN3O/c1-4-6-12-17-11(15)9-13(18-12)16-10-14(2,3)7-5-8-19/h9,19H,4-8,10H2,1-3H3,(H,16,17,18). The Hall–Kier alpha value is -0.870. The number of hydrogen-bond donors (Lipinski definition) is 2. The number of nitrogens with one attached hydrogen (secondary N) is 1. The summed E-state index contributed by atoms with van der Waals surface area (Å²) in [5.41, 5.74) is 0.116. The van der Waals surface area contributed by atoms with Crippen LogP contribution in [0.2, 0.25) is 5.15 Å². The summed E-state index contributed by atoms with van der Waals surface area (Å²) in [6.45, 7) is 7.47. The molecule has 0 radical (unpaired) electrons. The number of aryl methyl sites for hydroxylation is 1. The molecule has 0 aliphatic heterocycles. The Labute approximate surface area is 120 Å². The van der Waals surface area contributed by atoms with Crippen LogP contribution in [0, 0.1) is 5.41 Å². The molecule has 0 bridgehead atoms. The largest absolute Gasteiger partial charge is 0.396 e. The lowest BCUT2D eigenvalue weighted by Gasteiger charge is -2.25. The first-order valence-electron chi connectivity index (χ1n) is 6.85. The zero-order chi connectivity index (χ0) is 14.3. The summed E-state index contributed by atoms with van der Waals surface area (Å²) in [6.07, 6.45) is 3.63. The predicted octanol–water partition coefficient (Wildman–Crippen LogP) is 3.29. The molecule has 1 rings (SSSR count). The normalized spacial score (nSPS) is 11.6. The lowest BCUT2D eigenvalue weighted by atomic mass is 9.88. The molecule has 0 amide bonds. The van der Waals surface area contributed by atoms with Gasteiger partial charge in [0.05, 0.1) is 0 Å². The van der Waals surface area contributed by atoms with Crippen LogP contribution in [0.5, 0.6) is 0 Å². The molecule has 1 aromatic rings. The van der Waals surface area contributed by atoms with E-state index in [-0.39, 0.29) is 12.0 Å². The van der Waals surface area contributed by atoms with Crippen molar-refractivity contribution < 1.29 is 5.11 Å². The van der Waals surface area contributed by atoms with Crippen molar-refractivity contribution in [1.82, 2.24) is 9.97 Å². The molecule has 19 heavy (non-hydrogen) atoms. The zero-order valence-electron chi connectivity index (χ0n) is 12.0. The van der Waals surface area contributed by atoms with Crippen molar-refractivity contribution in [2.24, 2.45) is 5.41 Å². The summed E-state index contributed by atoms with van der Waals surface area (Å²) in [4.78, 5) is 8.65. The molecule has 4 nitrogen and oxygen atoms in total. The highest BCUT2D eigenvalue weighted by Crippen LogP contribution is 2.23. The van der Waals surface area contributed by atoms with E-state index in [1.165, 1.54) is 0 Å². The fourth-order valence-electron chi connectivity index (χ4n) is 1.87. The number of anilines is 1. The van der Waals surface area contributed by atoms with Crippen LogP contribution in [-0.4, -0.2) is 28.2 Å². The minimum Gasteiger partial charge on any atom is -0.396 e. The van der Waals surface area contributed by atoms with Gasteiger partial charge in [-0.25, -0.2) is 9.97 Å². The molecule has 0 unspecified atom stereocenters. The molecule has 108 valence electrons. The average molecular weight is 286 g/mol. The van der Waals surface area contributed by atoms with Crippen LogP contribution in [0.3, 0.4) is 0 Å². The van der Waals surface area contributed by atoms with E-state index in [9.17, 15) is 0 Å². The van der Waals surface area contributed by atoms with E-state index in [1.807, 2.05) is 0 Å². The average Bonchev–Trinajstić information content (AvgIpc) is 2.34. The van der Waals surface area contributed by atoms with E-state index in [0.717, 1.165) is 43.9 Å². The first-order chi connectivity index (χ1) is 8.96. The van der Waals surface area contributed by atoms with Crippen LogP contribution in [0.25, 0.3) is 0 Å². The SMILES string of the molecule is CCCc1nc(Cl)cc(NCC(C)(C)CCCO)n1. The van der Waals surface area contributed by atoms with Crippen LogP contribution in [-0.2, 0) is 6.42 Å². The smallest absolute Gasteiger partial charge is 0.134 e. The van der Waals surface area contributed by atoms with Crippen molar-refractivity contribution in [3.05, 3.63) is 17.0 Å². The van der Waals surface area contributed by atoms with Crippen molar-refractivity contribution in [3.8, 4) is 0 Å². The predicted molar refractivity (Wildman–Crippen MR) is 79.6 cm³/mol. The second-order valence-electron chi connectivity index (χ2n) is 5.59. The number of hydrogen-bond acceptors (Lipinski definition) is 4. The van der Waals surface area contributed by atoms with Crippen LogP contribution in [0.4, 0.5) is 5.82 Å². The quantitative estimate of drug-likeness (QED) is 0.720. The van der Waals surface area contributed by atoms with Crippen molar-refractivity contribution >= 4 is 17.4 Å². The number of aliphatic hydroxyl groups excluding tert-OH is 1. The van der Waals surface area contributed by atoms with Gasteiger partial charge in [-0.05, 0) is 24.7 Å². The molecule has 5 heteroatoms. The molecule has 1 aromatic heterocycles. The summed E-state index contributed by atoms with van der Waals surface area (Å²) >= 11 is 6.00. The minimum absolute atomic E-state index is 0.116. The summed E-state index contributed by atoms with van der Waals surface area (Å²) in [5.74, 6) is 1.56. The Morgan fingerprint density at radius 3 is 2.74 bits per heavy atom. The molecule has 0 saturated heterocycles. The molecule has 0 saturated carbocycles. The Morgan fingerprint density at radius 2 is 2.11 bits per heavy atom. The minimum atomic E-state index is 0.116. The van der Waals surface area contributed by atoms with Gasteiger partial charge in [-0.15, -0.1) is 0 Å². The summed E-state index contributed by atoms with van der Waals surface area (Å²) in [7, 11) is 0.